The van der Waals surface area contributed by atoms with Gasteiger partial charge in [-0.3, -0.25) is 39.1 Å². The minimum Gasteiger partial charge on any atom is -0.394 e. The van der Waals surface area contributed by atoms with Crippen LogP contribution in [0.1, 0.15) is 12.8 Å². The maximum absolute atomic E-state index is 12.7. The molecule has 0 aliphatic carbocycles. The highest BCUT2D eigenvalue weighted by Gasteiger charge is 2.53. The Morgan fingerprint density at radius 2 is 1.41 bits per heavy atom. The number of imide groups is 2. The van der Waals surface area contributed by atoms with E-state index in [0.717, 1.165) is 9.80 Å². The molecule has 0 radical (unpaired) electrons. The van der Waals surface area contributed by atoms with Gasteiger partial charge in [-0.2, -0.15) is 0 Å². The van der Waals surface area contributed by atoms with Gasteiger partial charge in [0.05, 0.1) is 13.2 Å². The number of nitrogens with zero attached hydrogens (tertiary/aromatic N) is 2. The lowest BCUT2D eigenvalue weighted by molar-refractivity contribution is -0.126. The number of phosphoric acid groups is 1. The lowest BCUT2D eigenvalue weighted by Gasteiger charge is -2.34. The summed E-state index contributed by atoms with van der Waals surface area (Å²) in [5, 5.41) is 44.5. The molecule has 9 atom stereocenters. The van der Waals surface area contributed by atoms with Gasteiger partial charge < -0.3 is 34.8 Å². The number of carbonyl (C=O) groups excluding carboxylic acids is 4. The zero-order valence-electron chi connectivity index (χ0n) is 19.1. The highest BCUT2D eigenvalue weighted by atomic mass is 31.2. The normalized spacial score (nSPS) is 38.5. The Balaban J connectivity index is 1.39. The molecule has 9 unspecified atom stereocenters. The van der Waals surface area contributed by atoms with Gasteiger partial charge in [-0.05, 0) is 0 Å². The van der Waals surface area contributed by atoms with Crippen molar-refractivity contribution in [2.75, 3.05) is 26.3 Å². The van der Waals surface area contributed by atoms with Gasteiger partial charge in [0, 0.05) is 25.9 Å². The van der Waals surface area contributed by atoms with E-state index in [0.29, 0.717) is 0 Å². The first-order chi connectivity index (χ1) is 17.4. The molecule has 7 N–H and O–H groups in total. The van der Waals surface area contributed by atoms with Crippen molar-refractivity contribution < 1.29 is 67.6 Å². The molecule has 4 aliphatic rings. The summed E-state index contributed by atoms with van der Waals surface area (Å²) in [6.07, 6.45) is -12.4. The number of hydrogen-bond donors (Lipinski definition) is 7. The van der Waals surface area contributed by atoms with Crippen molar-refractivity contribution in [1.29, 1.82) is 0 Å². The number of nitrogens with one attached hydrogen (secondary N) is 2. The van der Waals surface area contributed by atoms with Gasteiger partial charge in [-0.15, -0.1) is 0 Å². The van der Waals surface area contributed by atoms with E-state index in [4.69, 9.17) is 18.5 Å². The van der Waals surface area contributed by atoms with Crippen LogP contribution in [0.3, 0.4) is 0 Å². The largest absolute Gasteiger partial charge is 0.472 e. The van der Waals surface area contributed by atoms with Crippen LogP contribution in [0, 0.1) is 0 Å². The zero-order valence-corrected chi connectivity index (χ0v) is 20.0. The summed E-state index contributed by atoms with van der Waals surface area (Å²) >= 11 is 0. The zero-order chi connectivity index (χ0) is 27.1. The number of aliphatic hydroxyl groups excluding tert-OH is 4. The van der Waals surface area contributed by atoms with E-state index in [1.807, 2.05) is 10.6 Å². The van der Waals surface area contributed by atoms with Gasteiger partial charge in [0.25, 0.3) is 0 Å². The highest BCUT2D eigenvalue weighted by Crippen LogP contribution is 2.48. The molecule has 18 nitrogen and oxygen atoms in total. The van der Waals surface area contributed by atoms with Gasteiger partial charge in [0.1, 0.15) is 36.6 Å². The predicted octanol–water partition coefficient (Wildman–Crippen LogP) is -4.10. The summed E-state index contributed by atoms with van der Waals surface area (Å²) in [5.74, 6) is -1.09. The average Bonchev–Trinajstić information content (AvgIpc) is 3.28. The molecular formula is C18H27N4O14P. The molecule has 4 fully saturated rings. The van der Waals surface area contributed by atoms with Crippen molar-refractivity contribution >= 4 is 31.7 Å². The van der Waals surface area contributed by atoms with Crippen molar-refractivity contribution in [2.24, 2.45) is 0 Å². The first kappa shape index (κ1) is 27.8. The van der Waals surface area contributed by atoms with Crippen LogP contribution in [0.5, 0.6) is 0 Å². The topological polar surface area (TPSA) is 254 Å². The molecule has 0 saturated carbocycles. The summed E-state index contributed by atoms with van der Waals surface area (Å²) in [4.78, 5) is 59.2. The van der Waals surface area contributed by atoms with Gasteiger partial charge in [-0.1, -0.05) is 0 Å². The van der Waals surface area contributed by atoms with Crippen LogP contribution in [0.15, 0.2) is 0 Å². The van der Waals surface area contributed by atoms with Crippen LogP contribution in [-0.4, -0.2) is 134 Å². The van der Waals surface area contributed by atoms with Crippen molar-refractivity contribution in [3.63, 3.8) is 0 Å². The second kappa shape index (κ2) is 10.9. The van der Waals surface area contributed by atoms with Crippen molar-refractivity contribution in [3.05, 3.63) is 0 Å². The minimum atomic E-state index is -5.06. The van der Waals surface area contributed by atoms with Crippen LogP contribution in [0.2, 0.25) is 0 Å². The van der Waals surface area contributed by atoms with Gasteiger partial charge in [0.15, 0.2) is 12.5 Å². The number of ether oxygens (including phenoxy) is 2. The quantitative estimate of drug-likeness (QED) is 0.141. The number of aliphatic hydroxyl groups is 4. The van der Waals surface area contributed by atoms with Gasteiger partial charge >= 0.3 is 19.9 Å². The summed E-state index contributed by atoms with van der Waals surface area (Å²) < 4.78 is 33.5. The first-order valence-electron chi connectivity index (χ1n) is 11.2. The van der Waals surface area contributed by atoms with E-state index in [1.165, 1.54) is 0 Å². The fourth-order valence-corrected chi connectivity index (χ4v) is 5.28. The summed E-state index contributed by atoms with van der Waals surface area (Å²) in [5.41, 5.74) is 0. The van der Waals surface area contributed by atoms with Gasteiger partial charge in [0.2, 0.25) is 11.8 Å². The molecule has 37 heavy (non-hydrogen) atoms. The van der Waals surface area contributed by atoms with Crippen LogP contribution >= 0.6 is 7.82 Å². The summed E-state index contributed by atoms with van der Waals surface area (Å²) in [6.45, 7) is -1.79. The Morgan fingerprint density at radius 1 is 0.865 bits per heavy atom. The Bertz CT molecular complexity index is 984. The molecular weight excluding hydrogens is 527 g/mol. The molecule has 0 bridgehead atoms. The Morgan fingerprint density at radius 3 is 1.95 bits per heavy atom. The highest BCUT2D eigenvalue weighted by molar-refractivity contribution is 7.47. The van der Waals surface area contributed by atoms with Crippen LogP contribution in [0.4, 0.5) is 9.59 Å². The molecule has 0 spiro atoms. The van der Waals surface area contributed by atoms with E-state index in [9.17, 15) is 49.1 Å². The smallest absolute Gasteiger partial charge is 0.394 e. The first-order valence-corrected chi connectivity index (χ1v) is 12.7. The van der Waals surface area contributed by atoms with E-state index in [1.54, 1.807) is 0 Å². The molecule has 4 aliphatic heterocycles. The standard InChI is InChI=1S/C18H27N4O14P/c23-5-7-12(27)14(16(34-7)22-4-2-10(25)20-18(22)30)36-37(31,32)33-6-8-11(26)13(28)15(35-8)21-3-1-9(24)19-17(21)29/h7-8,11-16,23,26-28H,1-6H2,(H,31,32)(H,19,24,29)(H,20,25,30). The maximum Gasteiger partial charge on any atom is 0.472 e. The third-order valence-corrected chi connectivity index (χ3v) is 7.26. The Labute approximate surface area is 208 Å². The van der Waals surface area contributed by atoms with Crippen LogP contribution in [-0.2, 0) is 32.7 Å². The molecule has 4 rings (SSSR count). The summed E-state index contributed by atoms with van der Waals surface area (Å²) in [7, 11) is -5.06. The number of urea groups is 2. The Hall–Kier alpha value is -2.25. The van der Waals surface area contributed by atoms with E-state index >= 15 is 0 Å². The lowest BCUT2D eigenvalue weighted by Crippen LogP contribution is -2.57. The average molecular weight is 554 g/mol. The summed E-state index contributed by atoms with van der Waals surface area (Å²) in [6, 6.07) is -1.76. The number of rotatable bonds is 8. The molecule has 0 aromatic heterocycles. The monoisotopic (exact) mass is 554 g/mol. The maximum atomic E-state index is 12.7. The molecule has 0 aromatic carbocycles. The molecule has 0 aromatic rings. The van der Waals surface area contributed by atoms with Crippen LogP contribution in [0.25, 0.3) is 0 Å². The third-order valence-electron chi connectivity index (χ3n) is 6.28. The van der Waals surface area contributed by atoms with Crippen LogP contribution < -0.4 is 10.6 Å². The third kappa shape index (κ3) is 5.78. The van der Waals surface area contributed by atoms with Crippen molar-refractivity contribution in [3.8, 4) is 0 Å². The number of phosphoric ester groups is 1. The number of carbonyl (C=O) groups is 4. The van der Waals surface area contributed by atoms with E-state index in [-0.39, 0.29) is 25.9 Å². The SMILES string of the molecule is O=C1CCN(C2OC(COP(=O)(O)OC3C(O)C(CO)OC3N3CCC(=O)NC3=O)C(O)C2O)C(=O)N1. The minimum absolute atomic E-state index is 0.0692. The van der Waals surface area contributed by atoms with Gasteiger partial charge in [-0.25, -0.2) is 14.2 Å². The second-order valence-corrected chi connectivity index (χ2v) is 10.1. The predicted molar refractivity (Wildman–Crippen MR) is 113 cm³/mol. The number of hydrogen-bond acceptors (Lipinski definition) is 13. The molecule has 208 valence electrons. The molecule has 4 heterocycles. The molecule has 19 heteroatoms. The lowest BCUT2D eigenvalue weighted by atomic mass is 10.1. The number of amides is 6. The van der Waals surface area contributed by atoms with Crippen molar-refractivity contribution in [1.82, 2.24) is 20.4 Å². The fraction of sp³-hybridized carbons (Fsp3) is 0.778. The molecule has 6 amide bonds. The van der Waals surface area contributed by atoms with E-state index in [2.05, 4.69) is 0 Å². The Kier molecular flexibility index (Phi) is 8.15. The fourth-order valence-electron chi connectivity index (χ4n) is 4.35. The van der Waals surface area contributed by atoms with E-state index < -0.39 is 94.0 Å². The molecule has 4 saturated heterocycles. The second-order valence-electron chi connectivity index (χ2n) is 8.71. The van der Waals surface area contributed by atoms with Crippen molar-refractivity contribution in [2.45, 2.75) is 61.9 Å².